The third-order valence-corrected chi connectivity index (χ3v) is 4.48. The second-order valence-corrected chi connectivity index (χ2v) is 6.42. The molecule has 0 bridgehead atoms. The van der Waals surface area contributed by atoms with Crippen molar-refractivity contribution >= 4 is 46.0 Å². The predicted molar refractivity (Wildman–Crippen MR) is 91.8 cm³/mol. The van der Waals surface area contributed by atoms with Crippen LogP contribution in [0, 0.1) is 5.82 Å². The smallest absolute Gasteiger partial charge is 0.270 e. The van der Waals surface area contributed by atoms with Crippen molar-refractivity contribution in [2.45, 2.75) is 0 Å². The number of amides is 1. The molecule has 1 saturated heterocycles. The Morgan fingerprint density at radius 2 is 1.78 bits per heavy atom. The summed E-state index contributed by atoms with van der Waals surface area (Å²) in [5.41, 5.74) is 1.05. The van der Waals surface area contributed by atoms with E-state index >= 15 is 0 Å². The lowest BCUT2D eigenvalue weighted by Gasteiger charge is -2.14. The van der Waals surface area contributed by atoms with E-state index in [0.29, 0.717) is 20.5 Å². The zero-order valence-electron chi connectivity index (χ0n) is 11.6. The van der Waals surface area contributed by atoms with Gasteiger partial charge in [-0.25, -0.2) is 4.39 Å². The first-order valence-corrected chi connectivity index (χ1v) is 7.74. The van der Waals surface area contributed by atoms with Crippen LogP contribution in [-0.4, -0.2) is 20.4 Å². The number of thiocarbonyl (C=S) groups is 1. The van der Waals surface area contributed by atoms with Gasteiger partial charge in [0.05, 0.1) is 10.6 Å². The third-order valence-electron chi connectivity index (χ3n) is 3.18. The van der Waals surface area contributed by atoms with E-state index in [-0.39, 0.29) is 17.4 Å². The minimum absolute atomic E-state index is 0.235. The molecule has 3 rings (SSSR count). The molecular formula is C16H10FNO3S2. The quantitative estimate of drug-likeness (QED) is 0.493. The lowest BCUT2D eigenvalue weighted by molar-refractivity contribution is -0.113. The standard InChI is InChI=1S/C16H10FNO3S2/c17-10-2-4-11(5-3-10)18-15(21)14(23-16(18)22)8-9-1-6-12(19)13(20)7-9/h1-8,19-20H/b14-8+. The number of nitrogens with zero attached hydrogens (tertiary/aromatic N) is 1. The van der Waals surface area contributed by atoms with Gasteiger partial charge >= 0.3 is 0 Å². The van der Waals surface area contributed by atoms with Crippen molar-refractivity contribution in [3.8, 4) is 11.5 Å². The molecule has 2 aromatic carbocycles. The summed E-state index contributed by atoms with van der Waals surface area (Å²) in [6.07, 6.45) is 1.57. The van der Waals surface area contributed by atoms with Crippen LogP contribution in [-0.2, 0) is 4.79 Å². The molecule has 7 heteroatoms. The highest BCUT2D eigenvalue weighted by molar-refractivity contribution is 8.27. The second-order valence-electron chi connectivity index (χ2n) is 4.74. The van der Waals surface area contributed by atoms with Gasteiger partial charge in [-0.2, -0.15) is 0 Å². The van der Waals surface area contributed by atoms with Crippen LogP contribution in [0.3, 0.4) is 0 Å². The fourth-order valence-electron chi connectivity index (χ4n) is 2.06. The number of carbonyl (C=O) groups is 1. The van der Waals surface area contributed by atoms with Crippen LogP contribution in [0.4, 0.5) is 10.1 Å². The minimum atomic E-state index is -0.394. The van der Waals surface area contributed by atoms with Crippen molar-refractivity contribution in [3.05, 3.63) is 58.8 Å². The maximum absolute atomic E-state index is 13.0. The average molecular weight is 347 g/mol. The number of anilines is 1. The fourth-order valence-corrected chi connectivity index (χ4v) is 3.36. The second kappa shape index (κ2) is 6.02. The van der Waals surface area contributed by atoms with Crippen molar-refractivity contribution in [2.24, 2.45) is 0 Å². The molecule has 0 atom stereocenters. The molecule has 0 spiro atoms. The van der Waals surface area contributed by atoms with Crippen molar-refractivity contribution in [1.29, 1.82) is 0 Å². The number of rotatable bonds is 2. The maximum Gasteiger partial charge on any atom is 0.270 e. The molecule has 0 aromatic heterocycles. The van der Waals surface area contributed by atoms with E-state index in [1.54, 1.807) is 12.1 Å². The number of hydrogen-bond donors (Lipinski definition) is 2. The molecule has 2 N–H and O–H groups in total. The van der Waals surface area contributed by atoms with Crippen LogP contribution in [0.1, 0.15) is 5.56 Å². The number of phenols is 2. The van der Waals surface area contributed by atoms with E-state index in [0.717, 1.165) is 11.8 Å². The van der Waals surface area contributed by atoms with E-state index in [9.17, 15) is 19.4 Å². The number of benzene rings is 2. The summed E-state index contributed by atoms with van der Waals surface area (Å²) in [6.45, 7) is 0. The Bertz CT molecular complexity index is 834. The molecule has 1 aliphatic heterocycles. The topological polar surface area (TPSA) is 60.8 Å². The van der Waals surface area contributed by atoms with Gasteiger partial charge in [-0.1, -0.05) is 30.0 Å². The van der Waals surface area contributed by atoms with Gasteiger partial charge in [0.25, 0.3) is 5.91 Å². The summed E-state index contributed by atoms with van der Waals surface area (Å²) in [7, 11) is 0. The summed E-state index contributed by atoms with van der Waals surface area (Å²) in [6, 6.07) is 9.73. The first-order valence-electron chi connectivity index (χ1n) is 6.51. The van der Waals surface area contributed by atoms with Gasteiger partial charge in [-0.15, -0.1) is 0 Å². The van der Waals surface area contributed by atoms with Crippen LogP contribution in [0.2, 0.25) is 0 Å². The van der Waals surface area contributed by atoms with Gasteiger partial charge in [0.2, 0.25) is 0 Å². The fraction of sp³-hybridized carbons (Fsp3) is 0. The highest BCUT2D eigenvalue weighted by Gasteiger charge is 2.33. The Kier molecular flexibility index (Phi) is 4.06. The van der Waals surface area contributed by atoms with Crippen molar-refractivity contribution in [3.63, 3.8) is 0 Å². The molecule has 1 amide bonds. The first-order chi connectivity index (χ1) is 11.0. The van der Waals surface area contributed by atoms with Gasteiger partial charge in [-0.3, -0.25) is 9.69 Å². The van der Waals surface area contributed by atoms with E-state index in [1.807, 2.05) is 0 Å². The Balaban J connectivity index is 1.92. The van der Waals surface area contributed by atoms with Crippen LogP contribution in [0.5, 0.6) is 11.5 Å². The number of thioether (sulfide) groups is 1. The molecule has 23 heavy (non-hydrogen) atoms. The van der Waals surface area contributed by atoms with E-state index < -0.39 is 5.82 Å². The molecule has 2 aromatic rings. The molecule has 1 heterocycles. The van der Waals surface area contributed by atoms with Crippen LogP contribution in [0.15, 0.2) is 47.4 Å². The first kappa shape index (κ1) is 15.5. The third kappa shape index (κ3) is 3.06. The number of carbonyl (C=O) groups excluding carboxylic acids is 1. The molecule has 4 nitrogen and oxygen atoms in total. The normalized spacial score (nSPS) is 16.4. The Morgan fingerprint density at radius 3 is 2.43 bits per heavy atom. The van der Waals surface area contributed by atoms with Crippen LogP contribution in [0.25, 0.3) is 6.08 Å². The number of phenolic OH excluding ortho intramolecular Hbond substituents is 2. The maximum atomic E-state index is 13.0. The summed E-state index contributed by atoms with van der Waals surface area (Å²) >= 11 is 6.33. The molecule has 0 unspecified atom stereocenters. The van der Waals surface area contributed by atoms with Crippen molar-refractivity contribution in [1.82, 2.24) is 0 Å². The van der Waals surface area contributed by atoms with Crippen LogP contribution >= 0.6 is 24.0 Å². The monoisotopic (exact) mass is 347 g/mol. The Hall–Kier alpha value is -2.38. The molecule has 1 aliphatic rings. The van der Waals surface area contributed by atoms with Crippen molar-refractivity contribution in [2.75, 3.05) is 4.90 Å². The van der Waals surface area contributed by atoms with Gasteiger partial charge < -0.3 is 10.2 Å². The number of hydrogen-bond acceptors (Lipinski definition) is 5. The van der Waals surface area contributed by atoms with E-state index in [2.05, 4.69) is 0 Å². The van der Waals surface area contributed by atoms with Gasteiger partial charge in [0.1, 0.15) is 5.82 Å². The zero-order valence-corrected chi connectivity index (χ0v) is 13.2. The van der Waals surface area contributed by atoms with Crippen molar-refractivity contribution < 1.29 is 19.4 Å². The molecule has 0 radical (unpaired) electrons. The lowest BCUT2D eigenvalue weighted by atomic mass is 10.2. The average Bonchev–Trinajstić information content (AvgIpc) is 2.79. The summed E-state index contributed by atoms with van der Waals surface area (Å²) in [4.78, 5) is 14.2. The highest BCUT2D eigenvalue weighted by atomic mass is 32.2. The number of aromatic hydroxyl groups is 2. The summed E-state index contributed by atoms with van der Waals surface area (Å²) < 4.78 is 13.3. The molecular weight excluding hydrogens is 337 g/mol. The predicted octanol–water partition coefficient (Wildman–Crippen LogP) is 3.64. The summed E-state index contributed by atoms with van der Waals surface area (Å²) in [5.74, 6) is -1.22. The van der Waals surface area contributed by atoms with E-state index in [1.165, 1.54) is 41.3 Å². The SMILES string of the molecule is O=C1/C(=C\c2ccc(O)c(O)c2)SC(=S)N1c1ccc(F)cc1. The molecule has 0 saturated carbocycles. The molecule has 1 fully saturated rings. The van der Waals surface area contributed by atoms with Gasteiger partial charge in [-0.05, 0) is 48.0 Å². The summed E-state index contributed by atoms with van der Waals surface area (Å²) in [5, 5.41) is 18.8. The Morgan fingerprint density at radius 1 is 1.09 bits per heavy atom. The van der Waals surface area contributed by atoms with E-state index in [4.69, 9.17) is 12.2 Å². The lowest BCUT2D eigenvalue weighted by Crippen LogP contribution is -2.27. The largest absolute Gasteiger partial charge is 0.504 e. The zero-order chi connectivity index (χ0) is 16.6. The van der Waals surface area contributed by atoms with Gasteiger partial charge in [0, 0.05) is 0 Å². The Labute approximate surface area is 140 Å². The molecule has 0 aliphatic carbocycles. The molecule has 116 valence electrons. The minimum Gasteiger partial charge on any atom is -0.504 e. The van der Waals surface area contributed by atoms with Gasteiger partial charge in [0.15, 0.2) is 15.8 Å². The van der Waals surface area contributed by atoms with Crippen LogP contribution < -0.4 is 4.90 Å². The highest BCUT2D eigenvalue weighted by Crippen LogP contribution is 2.36. The number of halogens is 1.